The highest BCUT2D eigenvalue weighted by atomic mass is 16.6. The van der Waals surface area contributed by atoms with Crippen molar-refractivity contribution in [2.75, 3.05) is 6.61 Å². The molecule has 1 heterocycles. The molecule has 150 valence electrons. The Balaban J connectivity index is 2.02. The molecule has 0 aromatic rings. The lowest BCUT2D eigenvalue weighted by atomic mass is 9.55. The van der Waals surface area contributed by atoms with E-state index in [1.165, 1.54) is 6.92 Å². The molecule has 1 saturated carbocycles. The molecule has 0 amide bonds. The molecule has 2 aliphatic carbocycles. The number of aliphatic hydroxyl groups is 1. The number of esters is 3. The Morgan fingerprint density at radius 3 is 2.64 bits per heavy atom. The Morgan fingerprint density at radius 1 is 1.36 bits per heavy atom. The molecule has 3 aliphatic rings. The lowest BCUT2D eigenvalue weighted by Crippen LogP contribution is -2.57. The van der Waals surface area contributed by atoms with Gasteiger partial charge in [-0.1, -0.05) is 32.7 Å². The van der Waals surface area contributed by atoms with Crippen molar-refractivity contribution < 1.29 is 33.7 Å². The van der Waals surface area contributed by atoms with E-state index in [0.717, 1.165) is 5.57 Å². The van der Waals surface area contributed by atoms with Crippen LogP contribution in [0.5, 0.6) is 0 Å². The second-order valence-corrected chi connectivity index (χ2v) is 7.78. The third kappa shape index (κ3) is 3.09. The van der Waals surface area contributed by atoms with Gasteiger partial charge in [-0.3, -0.25) is 4.79 Å². The largest absolute Gasteiger partial charge is 0.458 e. The van der Waals surface area contributed by atoms with Gasteiger partial charge < -0.3 is 19.3 Å². The second kappa shape index (κ2) is 7.05. The molecule has 7 nitrogen and oxygen atoms in total. The maximum Gasteiger partial charge on any atom is 0.336 e. The van der Waals surface area contributed by atoms with Gasteiger partial charge in [0.15, 0.2) is 0 Å². The minimum atomic E-state index is -0.755. The first-order chi connectivity index (χ1) is 13.1. The number of ether oxygens (including phenoxy) is 3. The number of fused-ring (bicyclic) bond motifs is 3. The summed E-state index contributed by atoms with van der Waals surface area (Å²) < 4.78 is 16.7. The molecule has 6 atom stereocenters. The summed E-state index contributed by atoms with van der Waals surface area (Å²) in [6.07, 6.45) is 1.81. The molecule has 0 aromatic carbocycles. The first-order valence-electron chi connectivity index (χ1n) is 9.03. The van der Waals surface area contributed by atoms with Gasteiger partial charge >= 0.3 is 17.9 Å². The predicted molar refractivity (Wildman–Crippen MR) is 98.7 cm³/mol. The van der Waals surface area contributed by atoms with E-state index in [9.17, 15) is 14.4 Å². The number of hydrogen-bond acceptors (Lipinski definition) is 7. The molecule has 3 rings (SSSR count). The molecule has 0 unspecified atom stereocenters. The van der Waals surface area contributed by atoms with E-state index in [1.54, 1.807) is 12.2 Å². The summed E-state index contributed by atoms with van der Waals surface area (Å²) in [6, 6.07) is 0. The lowest BCUT2D eigenvalue weighted by Gasteiger charge is -2.53. The molecule has 0 spiro atoms. The molecule has 1 saturated heterocycles. The molecule has 7 heteroatoms. The summed E-state index contributed by atoms with van der Waals surface area (Å²) in [5.41, 5.74) is 0.165. The number of carbonyl (C=O) groups is 3. The SMILES string of the molecule is C=C(CO)C(=O)O[C@H]1C[C@]2(C)[C@H](C(=C)C=C[C@H]2OC(C)=O)[C@H]2OC(=O)C(=C)[C@@H]21. The van der Waals surface area contributed by atoms with Gasteiger partial charge in [0.25, 0.3) is 0 Å². The van der Waals surface area contributed by atoms with Crippen LogP contribution in [0.15, 0.2) is 48.6 Å². The minimum absolute atomic E-state index is 0.0934. The standard InChI is InChI=1S/C21H24O7/c1-10-6-7-15(26-13(4)23)21(5)8-14(27-19(24)11(2)9-22)16-12(3)20(25)28-18(16)17(10)21/h6-7,14-18,22H,1-3,8-9H2,4-5H3/t14-,15+,16+,17+,18-,21-/m0/s1. The number of carbonyl (C=O) groups excluding carboxylic acids is 3. The monoisotopic (exact) mass is 388 g/mol. The Kier molecular flexibility index (Phi) is 5.06. The Labute approximate surface area is 163 Å². The van der Waals surface area contributed by atoms with E-state index in [0.29, 0.717) is 6.42 Å². The maximum absolute atomic E-state index is 12.3. The van der Waals surface area contributed by atoms with Gasteiger partial charge in [0, 0.05) is 23.8 Å². The molecule has 1 aliphatic heterocycles. The number of hydrogen-bond donors (Lipinski definition) is 1. The van der Waals surface area contributed by atoms with Gasteiger partial charge in [-0.25, -0.2) is 9.59 Å². The Hall–Kier alpha value is -2.67. The van der Waals surface area contributed by atoms with E-state index in [1.807, 2.05) is 6.92 Å². The van der Waals surface area contributed by atoms with Crippen LogP contribution in [0.2, 0.25) is 0 Å². The van der Waals surface area contributed by atoms with Crippen molar-refractivity contribution in [1.29, 1.82) is 0 Å². The van der Waals surface area contributed by atoms with Crippen LogP contribution in [-0.2, 0) is 28.6 Å². The quantitative estimate of drug-likeness (QED) is 0.444. The fraction of sp³-hybridized carbons (Fsp3) is 0.476. The van der Waals surface area contributed by atoms with E-state index in [4.69, 9.17) is 19.3 Å². The van der Waals surface area contributed by atoms with E-state index in [2.05, 4.69) is 19.7 Å². The van der Waals surface area contributed by atoms with Crippen molar-refractivity contribution in [3.05, 3.63) is 48.6 Å². The van der Waals surface area contributed by atoms with Crippen LogP contribution in [-0.4, -0.2) is 47.9 Å². The number of rotatable bonds is 4. The molecule has 0 aromatic heterocycles. The van der Waals surface area contributed by atoms with Crippen LogP contribution >= 0.6 is 0 Å². The molecule has 2 fully saturated rings. The van der Waals surface area contributed by atoms with Crippen molar-refractivity contribution in [2.24, 2.45) is 17.3 Å². The fourth-order valence-corrected chi connectivity index (χ4v) is 4.60. The summed E-state index contributed by atoms with van der Waals surface area (Å²) in [6.45, 7) is 14.1. The summed E-state index contributed by atoms with van der Waals surface area (Å²) in [5, 5.41) is 9.16. The first kappa shape index (κ1) is 20.1. The van der Waals surface area contributed by atoms with Crippen LogP contribution in [0, 0.1) is 17.3 Å². The van der Waals surface area contributed by atoms with E-state index in [-0.39, 0.29) is 17.1 Å². The highest BCUT2D eigenvalue weighted by molar-refractivity contribution is 5.92. The summed E-state index contributed by atoms with van der Waals surface area (Å²) >= 11 is 0. The Bertz CT molecular complexity index is 808. The van der Waals surface area contributed by atoms with Crippen LogP contribution < -0.4 is 0 Å². The summed E-state index contributed by atoms with van der Waals surface area (Å²) in [4.78, 5) is 36.1. The number of allylic oxidation sites excluding steroid dienone is 1. The van der Waals surface area contributed by atoms with Gasteiger partial charge in [0.1, 0.15) is 18.3 Å². The average molecular weight is 388 g/mol. The van der Waals surface area contributed by atoms with Gasteiger partial charge in [-0.05, 0) is 18.1 Å². The highest BCUT2D eigenvalue weighted by Gasteiger charge is 2.62. The van der Waals surface area contributed by atoms with Gasteiger partial charge in [0.2, 0.25) is 0 Å². The summed E-state index contributed by atoms with van der Waals surface area (Å²) in [5.74, 6) is -2.63. The normalized spacial score (nSPS) is 36.2. The Morgan fingerprint density at radius 2 is 2.04 bits per heavy atom. The van der Waals surface area contributed by atoms with Crippen LogP contribution in [0.3, 0.4) is 0 Å². The van der Waals surface area contributed by atoms with Crippen LogP contribution in [0.25, 0.3) is 0 Å². The molecule has 1 N–H and O–H groups in total. The molecular weight excluding hydrogens is 364 g/mol. The van der Waals surface area contributed by atoms with Crippen LogP contribution in [0.1, 0.15) is 20.3 Å². The maximum atomic E-state index is 12.3. The minimum Gasteiger partial charge on any atom is -0.458 e. The molecule has 0 radical (unpaired) electrons. The molecule has 0 bridgehead atoms. The third-order valence-electron chi connectivity index (χ3n) is 5.91. The molecular formula is C21H24O7. The number of aliphatic hydroxyl groups excluding tert-OH is 1. The fourth-order valence-electron chi connectivity index (χ4n) is 4.60. The van der Waals surface area contributed by atoms with Gasteiger partial charge in [-0.15, -0.1) is 0 Å². The van der Waals surface area contributed by atoms with Crippen molar-refractivity contribution in [3.63, 3.8) is 0 Å². The zero-order valence-corrected chi connectivity index (χ0v) is 16.0. The average Bonchev–Trinajstić information content (AvgIpc) is 2.91. The zero-order valence-electron chi connectivity index (χ0n) is 16.0. The third-order valence-corrected chi connectivity index (χ3v) is 5.91. The van der Waals surface area contributed by atoms with Crippen LogP contribution in [0.4, 0.5) is 0 Å². The van der Waals surface area contributed by atoms with Gasteiger partial charge in [-0.2, -0.15) is 0 Å². The van der Waals surface area contributed by atoms with Crippen molar-refractivity contribution >= 4 is 17.9 Å². The predicted octanol–water partition coefficient (Wildman–Crippen LogP) is 1.63. The van der Waals surface area contributed by atoms with E-state index >= 15 is 0 Å². The highest BCUT2D eigenvalue weighted by Crippen LogP contribution is 2.57. The van der Waals surface area contributed by atoms with Gasteiger partial charge in [0.05, 0.1) is 18.1 Å². The second-order valence-electron chi connectivity index (χ2n) is 7.78. The van der Waals surface area contributed by atoms with Crippen molar-refractivity contribution in [1.82, 2.24) is 0 Å². The first-order valence-corrected chi connectivity index (χ1v) is 9.03. The zero-order chi connectivity index (χ0) is 20.8. The van der Waals surface area contributed by atoms with Crippen molar-refractivity contribution in [3.8, 4) is 0 Å². The van der Waals surface area contributed by atoms with Crippen molar-refractivity contribution in [2.45, 2.75) is 38.6 Å². The summed E-state index contributed by atoms with van der Waals surface area (Å²) in [7, 11) is 0. The molecule has 28 heavy (non-hydrogen) atoms. The smallest absolute Gasteiger partial charge is 0.336 e. The lowest BCUT2D eigenvalue weighted by molar-refractivity contribution is -0.178. The topological polar surface area (TPSA) is 99.1 Å². The van der Waals surface area contributed by atoms with E-state index < -0.39 is 54.2 Å².